The van der Waals surface area contributed by atoms with Crippen molar-refractivity contribution in [1.82, 2.24) is 0 Å². The fraction of sp³-hybridized carbons (Fsp3) is 0.684. The Hall–Kier alpha value is -1.03. The van der Waals surface area contributed by atoms with Gasteiger partial charge in [0.2, 0.25) is 5.92 Å². The van der Waals surface area contributed by atoms with Crippen LogP contribution in [0, 0.1) is 6.92 Å². The summed E-state index contributed by atoms with van der Waals surface area (Å²) in [4.78, 5) is 2.18. The first-order valence-electron chi connectivity index (χ1n) is 9.01. The molecular formula is C19H26ClF2NO. The Bertz CT molecular complexity index is 579. The average molecular weight is 358 g/mol. The Morgan fingerprint density at radius 1 is 1.21 bits per heavy atom. The molecule has 2 aliphatic carbocycles. The van der Waals surface area contributed by atoms with E-state index in [0.717, 1.165) is 36.4 Å². The van der Waals surface area contributed by atoms with Gasteiger partial charge in [0.25, 0.3) is 0 Å². The molecule has 0 unspecified atom stereocenters. The Morgan fingerprint density at radius 2 is 1.88 bits per heavy atom. The maximum atomic E-state index is 13.5. The lowest BCUT2D eigenvalue weighted by Crippen LogP contribution is -2.41. The number of ether oxygens (including phenoxy) is 1. The third-order valence-electron chi connectivity index (χ3n) is 5.34. The first-order chi connectivity index (χ1) is 11.4. The first-order valence-corrected chi connectivity index (χ1v) is 9.38. The van der Waals surface area contributed by atoms with E-state index in [2.05, 4.69) is 11.8 Å². The van der Waals surface area contributed by atoms with Gasteiger partial charge in [-0.1, -0.05) is 11.6 Å². The van der Waals surface area contributed by atoms with E-state index in [1.165, 1.54) is 6.42 Å². The Labute approximate surface area is 148 Å². The zero-order valence-corrected chi connectivity index (χ0v) is 15.2. The average Bonchev–Trinajstić information content (AvgIpc) is 2.49. The molecule has 1 aromatic carbocycles. The van der Waals surface area contributed by atoms with Gasteiger partial charge < -0.3 is 9.64 Å². The van der Waals surface area contributed by atoms with Crippen molar-refractivity contribution in [1.29, 1.82) is 0 Å². The molecule has 0 radical (unpaired) electrons. The molecule has 0 aliphatic heterocycles. The summed E-state index contributed by atoms with van der Waals surface area (Å²) in [7, 11) is 0. The molecule has 2 saturated carbocycles. The van der Waals surface area contributed by atoms with Crippen molar-refractivity contribution in [2.75, 3.05) is 11.4 Å². The predicted molar refractivity (Wildman–Crippen MR) is 94.7 cm³/mol. The number of hydrogen-bond acceptors (Lipinski definition) is 2. The van der Waals surface area contributed by atoms with E-state index in [1.54, 1.807) is 0 Å². The smallest absolute Gasteiger partial charge is 0.248 e. The molecule has 0 N–H and O–H groups in total. The highest BCUT2D eigenvalue weighted by atomic mass is 35.5. The van der Waals surface area contributed by atoms with E-state index < -0.39 is 5.92 Å². The van der Waals surface area contributed by atoms with Gasteiger partial charge in [-0.2, -0.15) is 0 Å². The molecule has 2 aliphatic rings. The summed E-state index contributed by atoms with van der Waals surface area (Å²) < 4.78 is 33.0. The molecule has 134 valence electrons. The van der Waals surface area contributed by atoms with Gasteiger partial charge in [0.1, 0.15) is 5.75 Å². The van der Waals surface area contributed by atoms with Crippen molar-refractivity contribution in [3.05, 3.63) is 22.7 Å². The van der Waals surface area contributed by atoms with Crippen LogP contribution in [0.4, 0.5) is 14.5 Å². The highest BCUT2D eigenvalue weighted by molar-refractivity contribution is 6.34. The second-order valence-electron chi connectivity index (χ2n) is 7.12. The SMILES string of the molecule is CCN(c1cc(OC2CCC2)cc(C)c1Cl)C1CCC(F)(F)CC1. The normalized spacial score (nSPS) is 21.4. The Balaban J connectivity index is 1.82. The molecule has 0 bridgehead atoms. The van der Waals surface area contributed by atoms with Crippen LogP contribution in [0.5, 0.6) is 5.75 Å². The molecule has 2 nitrogen and oxygen atoms in total. The molecule has 0 aromatic heterocycles. The van der Waals surface area contributed by atoms with Crippen LogP contribution in [0.15, 0.2) is 12.1 Å². The van der Waals surface area contributed by atoms with Crippen LogP contribution in [-0.2, 0) is 0 Å². The molecule has 0 saturated heterocycles. The summed E-state index contributed by atoms with van der Waals surface area (Å²) in [5, 5.41) is 0.704. The summed E-state index contributed by atoms with van der Waals surface area (Å²) >= 11 is 6.55. The van der Waals surface area contributed by atoms with E-state index in [0.29, 0.717) is 24.0 Å². The third-order valence-corrected chi connectivity index (χ3v) is 5.83. The van der Waals surface area contributed by atoms with Crippen LogP contribution in [0.2, 0.25) is 5.02 Å². The second kappa shape index (κ2) is 7.07. The number of alkyl halides is 2. The minimum atomic E-state index is -2.51. The highest BCUT2D eigenvalue weighted by Gasteiger charge is 2.37. The molecule has 0 spiro atoms. The van der Waals surface area contributed by atoms with Crippen molar-refractivity contribution in [3.63, 3.8) is 0 Å². The summed E-state index contributed by atoms with van der Waals surface area (Å²) in [6, 6.07) is 4.09. The molecule has 0 heterocycles. The maximum absolute atomic E-state index is 13.5. The number of benzene rings is 1. The van der Waals surface area contributed by atoms with Gasteiger partial charge in [0.05, 0.1) is 16.8 Å². The summed E-state index contributed by atoms with van der Waals surface area (Å²) in [6.07, 6.45) is 4.67. The summed E-state index contributed by atoms with van der Waals surface area (Å²) in [6.45, 7) is 4.78. The van der Waals surface area contributed by atoms with E-state index >= 15 is 0 Å². The van der Waals surface area contributed by atoms with Crippen LogP contribution < -0.4 is 9.64 Å². The standard InChI is InChI=1S/C19H26ClF2NO/c1-3-23(14-7-9-19(21,22)10-8-14)17-12-16(11-13(2)18(17)20)24-15-5-4-6-15/h11-12,14-15H,3-10H2,1-2H3. The molecule has 3 rings (SSSR count). The number of nitrogens with zero attached hydrogens (tertiary/aromatic N) is 1. The van der Waals surface area contributed by atoms with Crippen LogP contribution in [0.1, 0.15) is 57.4 Å². The first kappa shape index (κ1) is 17.8. The zero-order chi connectivity index (χ0) is 17.3. The fourth-order valence-electron chi connectivity index (χ4n) is 3.64. The van der Waals surface area contributed by atoms with Crippen LogP contribution in [-0.4, -0.2) is 24.6 Å². The monoisotopic (exact) mass is 357 g/mol. The lowest BCUT2D eigenvalue weighted by atomic mass is 9.90. The minimum absolute atomic E-state index is 0.0387. The topological polar surface area (TPSA) is 12.5 Å². The predicted octanol–water partition coefficient (Wildman–Crippen LogP) is 5.98. The lowest BCUT2D eigenvalue weighted by Gasteiger charge is -2.38. The Kier molecular flexibility index (Phi) is 5.24. The molecule has 2 fully saturated rings. The number of hydrogen-bond donors (Lipinski definition) is 0. The van der Waals surface area contributed by atoms with Crippen molar-refractivity contribution >= 4 is 17.3 Å². The fourth-order valence-corrected chi connectivity index (χ4v) is 3.86. The number of aryl methyl sites for hydroxylation is 1. The number of halogens is 3. The maximum Gasteiger partial charge on any atom is 0.248 e. The summed E-state index contributed by atoms with van der Waals surface area (Å²) in [5.41, 5.74) is 1.90. The van der Waals surface area contributed by atoms with E-state index in [4.69, 9.17) is 16.3 Å². The van der Waals surface area contributed by atoms with Crippen LogP contribution in [0.3, 0.4) is 0 Å². The van der Waals surface area contributed by atoms with Gasteiger partial charge in [-0.15, -0.1) is 0 Å². The largest absolute Gasteiger partial charge is 0.490 e. The van der Waals surface area contributed by atoms with Crippen LogP contribution in [0.25, 0.3) is 0 Å². The molecule has 1 aromatic rings. The second-order valence-corrected chi connectivity index (χ2v) is 7.50. The van der Waals surface area contributed by atoms with Crippen molar-refractivity contribution in [2.45, 2.75) is 76.9 Å². The van der Waals surface area contributed by atoms with Gasteiger partial charge in [0.15, 0.2) is 0 Å². The van der Waals surface area contributed by atoms with E-state index in [-0.39, 0.29) is 18.9 Å². The number of rotatable bonds is 5. The van der Waals surface area contributed by atoms with Crippen molar-refractivity contribution in [3.8, 4) is 5.75 Å². The van der Waals surface area contributed by atoms with Gasteiger partial charge in [-0.05, 0) is 57.6 Å². The number of anilines is 1. The molecule has 5 heteroatoms. The van der Waals surface area contributed by atoms with Gasteiger partial charge in [-0.3, -0.25) is 0 Å². The molecule has 0 amide bonds. The van der Waals surface area contributed by atoms with Gasteiger partial charge in [0, 0.05) is 31.5 Å². The lowest BCUT2D eigenvalue weighted by molar-refractivity contribution is -0.0380. The van der Waals surface area contributed by atoms with Crippen LogP contribution >= 0.6 is 11.6 Å². The van der Waals surface area contributed by atoms with E-state index in [1.807, 2.05) is 19.1 Å². The Morgan fingerprint density at radius 3 is 2.42 bits per heavy atom. The zero-order valence-electron chi connectivity index (χ0n) is 14.5. The molecule has 24 heavy (non-hydrogen) atoms. The summed E-state index contributed by atoms with van der Waals surface area (Å²) in [5.74, 6) is -1.67. The van der Waals surface area contributed by atoms with E-state index in [9.17, 15) is 8.78 Å². The molecular weight excluding hydrogens is 332 g/mol. The van der Waals surface area contributed by atoms with Crippen molar-refractivity contribution in [2.24, 2.45) is 0 Å². The quantitative estimate of drug-likeness (QED) is 0.642. The molecule has 0 atom stereocenters. The third kappa shape index (κ3) is 3.79. The van der Waals surface area contributed by atoms with Gasteiger partial charge >= 0.3 is 0 Å². The highest BCUT2D eigenvalue weighted by Crippen LogP contribution is 2.40. The minimum Gasteiger partial charge on any atom is -0.490 e. The van der Waals surface area contributed by atoms with Gasteiger partial charge in [-0.25, -0.2) is 8.78 Å². The van der Waals surface area contributed by atoms with Crippen molar-refractivity contribution < 1.29 is 13.5 Å².